The van der Waals surface area contributed by atoms with Crippen LogP contribution in [0.2, 0.25) is 0 Å². The van der Waals surface area contributed by atoms with Gasteiger partial charge >= 0.3 is 0 Å². The maximum Gasteiger partial charge on any atom is 0.260 e. The number of hydrogen-bond donors (Lipinski definition) is 2. The molecule has 1 heterocycles. The standard InChI is InChI=1S/C18H25N3O3/c1-21-16(23)18(20-17(21)19,11-13-7-3-2-4-8-13)12-24-15-10-6-5-9-14(15)22/h5-6,9-10,13,22H,2-4,7-8,11-12H2,1H3,(H2,19,20). The number of phenolic OH excluding ortho intramolecular Hbond substituents is 1. The number of nitrogens with zero attached hydrogens (tertiary/aromatic N) is 2. The molecule has 1 aromatic carbocycles. The van der Waals surface area contributed by atoms with Gasteiger partial charge in [0.05, 0.1) is 0 Å². The van der Waals surface area contributed by atoms with Gasteiger partial charge in [-0.15, -0.1) is 0 Å². The predicted octanol–water partition coefficient (Wildman–Crippen LogP) is 2.27. The van der Waals surface area contributed by atoms with Crippen LogP contribution in [0.15, 0.2) is 29.3 Å². The molecule has 1 amide bonds. The van der Waals surface area contributed by atoms with Crippen LogP contribution in [0, 0.1) is 5.92 Å². The van der Waals surface area contributed by atoms with Crippen molar-refractivity contribution in [2.45, 2.75) is 44.1 Å². The molecule has 2 aliphatic rings. The van der Waals surface area contributed by atoms with E-state index in [-0.39, 0.29) is 24.2 Å². The molecular formula is C18H25N3O3. The zero-order valence-electron chi connectivity index (χ0n) is 14.1. The second kappa shape index (κ2) is 6.71. The minimum absolute atomic E-state index is 0.0565. The number of carbonyl (C=O) groups excluding carboxylic acids is 1. The number of hydrogen-bond acceptors (Lipinski definition) is 5. The maximum atomic E-state index is 12.8. The molecule has 0 aromatic heterocycles. The average molecular weight is 331 g/mol. The van der Waals surface area contributed by atoms with Crippen LogP contribution in [0.4, 0.5) is 0 Å². The van der Waals surface area contributed by atoms with E-state index in [4.69, 9.17) is 10.5 Å². The molecule has 1 aliphatic carbocycles. The van der Waals surface area contributed by atoms with Crippen molar-refractivity contribution in [2.75, 3.05) is 13.7 Å². The lowest BCUT2D eigenvalue weighted by Crippen LogP contribution is -2.47. The molecule has 1 atom stereocenters. The molecule has 1 aliphatic heterocycles. The average Bonchev–Trinajstić information content (AvgIpc) is 2.79. The van der Waals surface area contributed by atoms with E-state index in [0.717, 1.165) is 12.8 Å². The van der Waals surface area contributed by atoms with Gasteiger partial charge in [0.2, 0.25) is 0 Å². The van der Waals surface area contributed by atoms with E-state index in [2.05, 4.69) is 4.99 Å². The van der Waals surface area contributed by atoms with E-state index >= 15 is 0 Å². The van der Waals surface area contributed by atoms with Crippen molar-refractivity contribution in [3.8, 4) is 11.5 Å². The van der Waals surface area contributed by atoms with Crippen LogP contribution in [0.1, 0.15) is 38.5 Å². The zero-order chi connectivity index (χ0) is 17.2. The third kappa shape index (κ3) is 3.18. The van der Waals surface area contributed by atoms with E-state index in [1.54, 1.807) is 31.3 Å². The summed E-state index contributed by atoms with van der Waals surface area (Å²) in [5, 5.41) is 9.88. The van der Waals surface area contributed by atoms with Gasteiger partial charge < -0.3 is 15.6 Å². The van der Waals surface area contributed by atoms with Gasteiger partial charge in [0.15, 0.2) is 23.0 Å². The highest BCUT2D eigenvalue weighted by molar-refractivity contribution is 6.06. The first kappa shape index (κ1) is 16.6. The number of nitrogens with two attached hydrogens (primary N) is 1. The van der Waals surface area contributed by atoms with Crippen molar-refractivity contribution < 1.29 is 14.6 Å². The second-order valence-electron chi connectivity index (χ2n) is 6.83. The molecule has 1 aromatic rings. The van der Waals surface area contributed by atoms with E-state index in [9.17, 15) is 9.90 Å². The molecule has 6 heteroatoms. The van der Waals surface area contributed by atoms with Crippen molar-refractivity contribution >= 4 is 11.9 Å². The number of likely N-dealkylation sites (N-methyl/N-ethyl adjacent to an activating group) is 1. The summed E-state index contributed by atoms with van der Waals surface area (Å²) < 4.78 is 5.77. The molecule has 0 saturated heterocycles. The molecule has 1 saturated carbocycles. The van der Waals surface area contributed by atoms with Crippen molar-refractivity contribution in [3.63, 3.8) is 0 Å². The summed E-state index contributed by atoms with van der Waals surface area (Å²) in [6.45, 7) is 0.0882. The van der Waals surface area contributed by atoms with Crippen LogP contribution in [0.5, 0.6) is 11.5 Å². The Labute approximate surface area is 142 Å². The number of benzene rings is 1. The van der Waals surface area contributed by atoms with Crippen molar-refractivity contribution in [1.82, 2.24) is 4.90 Å². The number of ether oxygens (including phenoxy) is 1. The molecule has 1 fully saturated rings. The first-order chi connectivity index (χ1) is 11.5. The highest BCUT2D eigenvalue weighted by atomic mass is 16.5. The highest BCUT2D eigenvalue weighted by Crippen LogP contribution is 2.36. The number of aliphatic imine (C=N–C) groups is 1. The molecule has 1 unspecified atom stereocenters. The molecule has 130 valence electrons. The summed E-state index contributed by atoms with van der Waals surface area (Å²) >= 11 is 0. The third-order valence-electron chi connectivity index (χ3n) is 5.06. The lowest BCUT2D eigenvalue weighted by molar-refractivity contribution is -0.132. The minimum atomic E-state index is -0.983. The van der Waals surface area contributed by atoms with Gasteiger partial charge in [-0.3, -0.25) is 9.69 Å². The first-order valence-corrected chi connectivity index (χ1v) is 8.56. The Hall–Kier alpha value is -2.24. The summed E-state index contributed by atoms with van der Waals surface area (Å²) in [5.41, 5.74) is 4.92. The van der Waals surface area contributed by atoms with Gasteiger partial charge in [-0.05, 0) is 24.5 Å². The van der Waals surface area contributed by atoms with Gasteiger partial charge in [-0.25, -0.2) is 4.99 Å². The summed E-state index contributed by atoms with van der Waals surface area (Å²) in [7, 11) is 1.64. The zero-order valence-corrected chi connectivity index (χ0v) is 14.1. The smallest absolute Gasteiger partial charge is 0.260 e. The predicted molar refractivity (Wildman–Crippen MR) is 91.9 cm³/mol. The molecule has 0 radical (unpaired) electrons. The Kier molecular flexibility index (Phi) is 4.64. The maximum absolute atomic E-state index is 12.8. The van der Waals surface area contributed by atoms with Crippen molar-refractivity contribution in [1.29, 1.82) is 0 Å². The van der Waals surface area contributed by atoms with Gasteiger partial charge in [0.1, 0.15) is 6.61 Å². The number of aromatic hydroxyl groups is 1. The monoisotopic (exact) mass is 331 g/mol. The quantitative estimate of drug-likeness (QED) is 0.866. The molecule has 24 heavy (non-hydrogen) atoms. The lowest BCUT2D eigenvalue weighted by atomic mass is 9.79. The molecular weight excluding hydrogens is 306 g/mol. The Morgan fingerprint density at radius 2 is 2.04 bits per heavy atom. The number of rotatable bonds is 5. The molecule has 6 nitrogen and oxygen atoms in total. The number of guanidine groups is 1. The fraction of sp³-hybridized carbons (Fsp3) is 0.556. The summed E-state index contributed by atoms with van der Waals surface area (Å²) in [6.07, 6.45) is 6.53. The molecule has 3 rings (SSSR count). The summed E-state index contributed by atoms with van der Waals surface area (Å²) in [5.74, 6) is 0.981. The fourth-order valence-corrected chi connectivity index (χ4v) is 3.69. The normalized spacial score (nSPS) is 25.0. The lowest BCUT2D eigenvalue weighted by Gasteiger charge is -2.31. The van der Waals surface area contributed by atoms with E-state index in [1.807, 2.05) is 0 Å². The van der Waals surface area contributed by atoms with Gasteiger partial charge in [0, 0.05) is 7.05 Å². The Morgan fingerprint density at radius 3 is 2.67 bits per heavy atom. The largest absolute Gasteiger partial charge is 0.504 e. The molecule has 3 N–H and O–H groups in total. The van der Waals surface area contributed by atoms with Crippen LogP contribution in [-0.4, -0.2) is 41.1 Å². The summed E-state index contributed by atoms with van der Waals surface area (Å²) in [4.78, 5) is 18.7. The van der Waals surface area contributed by atoms with E-state index in [1.165, 1.54) is 24.2 Å². The van der Waals surface area contributed by atoms with Crippen LogP contribution in [0.3, 0.4) is 0 Å². The van der Waals surface area contributed by atoms with Crippen LogP contribution >= 0.6 is 0 Å². The minimum Gasteiger partial charge on any atom is -0.504 e. The SMILES string of the molecule is CN1C(=O)C(COc2ccccc2O)(CC2CCCCC2)N=C1N. The van der Waals surface area contributed by atoms with E-state index < -0.39 is 5.54 Å². The van der Waals surface area contributed by atoms with E-state index in [0.29, 0.717) is 18.1 Å². The second-order valence-corrected chi connectivity index (χ2v) is 6.83. The number of carbonyl (C=O) groups is 1. The third-order valence-corrected chi connectivity index (χ3v) is 5.06. The Morgan fingerprint density at radius 1 is 1.33 bits per heavy atom. The van der Waals surface area contributed by atoms with Crippen LogP contribution < -0.4 is 10.5 Å². The molecule has 0 bridgehead atoms. The van der Waals surface area contributed by atoms with Crippen LogP contribution in [-0.2, 0) is 4.79 Å². The fourth-order valence-electron chi connectivity index (χ4n) is 3.69. The number of phenols is 1. The van der Waals surface area contributed by atoms with Gasteiger partial charge in [-0.2, -0.15) is 0 Å². The van der Waals surface area contributed by atoms with Gasteiger partial charge in [0.25, 0.3) is 5.91 Å². The van der Waals surface area contributed by atoms with Gasteiger partial charge in [-0.1, -0.05) is 44.2 Å². The first-order valence-electron chi connectivity index (χ1n) is 8.56. The van der Waals surface area contributed by atoms with Crippen LogP contribution in [0.25, 0.3) is 0 Å². The summed E-state index contributed by atoms with van der Waals surface area (Å²) in [6, 6.07) is 6.75. The molecule has 0 spiro atoms. The highest BCUT2D eigenvalue weighted by Gasteiger charge is 2.48. The topological polar surface area (TPSA) is 88.2 Å². The Balaban J connectivity index is 1.80. The number of amides is 1. The Bertz CT molecular complexity index is 640. The van der Waals surface area contributed by atoms with Crippen molar-refractivity contribution in [2.24, 2.45) is 16.6 Å². The van der Waals surface area contributed by atoms with Crippen molar-refractivity contribution in [3.05, 3.63) is 24.3 Å². The number of para-hydroxylation sites is 2.